The summed E-state index contributed by atoms with van der Waals surface area (Å²) in [5.41, 5.74) is 0.787. The highest BCUT2D eigenvalue weighted by molar-refractivity contribution is 5.67. The molecule has 0 radical (unpaired) electrons. The van der Waals surface area contributed by atoms with Crippen molar-refractivity contribution in [2.24, 2.45) is 0 Å². The zero-order chi connectivity index (χ0) is 20.3. The largest absolute Gasteiger partial charge is 0.462 e. The molecular formula is C19H22O9. The molecule has 2 aliphatic heterocycles. The predicted octanol–water partition coefficient (Wildman–Crippen LogP) is 1.25. The van der Waals surface area contributed by atoms with Gasteiger partial charge in [-0.25, -0.2) is 0 Å². The van der Waals surface area contributed by atoms with Crippen LogP contribution in [0.15, 0.2) is 30.3 Å². The Morgan fingerprint density at radius 3 is 2.29 bits per heavy atom. The molecule has 0 spiro atoms. The Balaban J connectivity index is 1.78. The van der Waals surface area contributed by atoms with Crippen molar-refractivity contribution < 1.29 is 42.8 Å². The van der Waals surface area contributed by atoms with Crippen LogP contribution in [0, 0.1) is 0 Å². The third-order valence-electron chi connectivity index (χ3n) is 4.25. The van der Waals surface area contributed by atoms with Crippen LogP contribution in [0.4, 0.5) is 0 Å². The fourth-order valence-electron chi connectivity index (χ4n) is 3.20. The number of rotatable bonds is 6. The molecule has 0 aliphatic carbocycles. The van der Waals surface area contributed by atoms with Gasteiger partial charge < -0.3 is 28.4 Å². The highest BCUT2D eigenvalue weighted by Gasteiger charge is 2.57. The Hall–Kier alpha value is -2.49. The summed E-state index contributed by atoms with van der Waals surface area (Å²) >= 11 is 0. The van der Waals surface area contributed by atoms with Gasteiger partial charge in [-0.2, -0.15) is 0 Å². The molecule has 0 bridgehead atoms. The molecule has 28 heavy (non-hydrogen) atoms. The van der Waals surface area contributed by atoms with Crippen LogP contribution in [0.3, 0.4) is 0 Å². The van der Waals surface area contributed by atoms with E-state index in [9.17, 15) is 14.4 Å². The molecule has 2 fully saturated rings. The monoisotopic (exact) mass is 394 g/mol. The zero-order valence-corrected chi connectivity index (χ0v) is 15.7. The molecule has 0 saturated carbocycles. The van der Waals surface area contributed by atoms with Crippen molar-refractivity contribution in [1.82, 2.24) is 0 Å². The van der Waals surface area contributed by atoms with Crippen LogP contribution in [0.5, 0.6) is 0 Å². The molecule has 2 saturated heterocycles. The summed E-state index contributed by atoms with van der Waals surface area (Å²) in [6, 6.07) is 9.24. The van der Waals surface area contributed by atoms with Gasteiger partial charge in [-0.3, -0.25) is 14.4 Å². The minimum Gasteiger partial charge on any atom is -0.462 e. The summed E-state index contributed by atoms with van der Waals surface area (Å²) in [7, 11) is 0. The van der Waals surface area contributed by atoms with Crippen LogP contribution in [0.1, 0.15) is 32.6 Å². The van der Waals surface area contributed by atoms with Gasteiger partial charge in [0.25, 0.3) is 0 Å². The third-order valence-corrected chi connectivity index (χ3v) is 4.25. The normalized spacial score (nSPS) is 29.6. The van der Waals surface area contributed by atoms with E-state index in [0.29, 0.717) is 0 Å². The van der Waals surface area contributed by atoms with Gasteiger partial charge in [-0.15, -0.1) is 0 Å². The van der Waals surface area contributed by atoms with E-state index in [1.807, 2.05) is 30.3 Å². The summed E-state index contributed by atoms with van der Waals surface area (Å²) in [5, 5.41) is 0. The number of carbonyl (C=O) groups excluding carboxylic acids is 3. The van der Waals surface area contributed by atoms with E-state index in [0.717, 1.165) is 5.56 Å². The second kappa shape index (κ2) is 8.68. The van der Waals surface area contributed by atoms with Crippen LogP contribution >= 0.6 is 0 Å². The molecule has 1 aromatic rings. The fraction of sp³-hybridized carbons (Fsp3) is 0.526. The smallest absolute Gasteiger partial charge is 0.303 e. The average Bonchev–Trinajstić information content (AvgIpc) is 3.18. The van der Waals surface area contributed by atoms with Crippen molar-refractivity contribution in [3.8, 4) is 0 Å². The molecule has 0 N–H and O–H groups in total. The second-order valence-corrected chi connectivity index (χ2v) is 6.47. The number of hydrogen-bond donors (Lipinski definition) is 0. The minimum atomic E-state index is -0.987. The van der Waals surface area contributed by atoms with Gasteiger partial charge in [-0.05, 0) is 0 Å². The lowest BCUT2D eigenvalue weighted by Crippen LogP contribution is -2.46. The summed E-state index contributed by atoms with van der Waals surface area (Å²) in [4.78, 5) is 34.3. The van der Waals surface area contributed by atoms with Gasteiger partial charge in [0.15, 0.2) is 30.9 Å². The van der Waals surface area contributed by atoms with Gasteiger partial charge in [0.05, 0.1) is 0 Å². The van der Waals surface area contributed by atoms with Crippen molar-refractivity contribution in [1.29, 1.82) is 0 Å². The Bertz CT molecular complexity index is 719. The van der Waals surface area contributed by atoms with Crippen LogP contribution in [-0.4, -0.2) is 55.2 Å². The SMILES string of the molecule is CC(=O)OC[C@@H](OC(C)=O)[C@H]1O[C@@H]2O[C@@H](c3ccccc3)O[C@@H]2[C@H]1OC(C)=O. The van der Waals surface area contributed by atoms with Crippen LogP contribution < -0.4 is 0 Å². The van der Waals surface area contributed by atoms with Gasteiger partial charge in [-0.1, -0.05) is 30.3 Å². The Labute approximate surface area is 161 Å². The van der Waals surface area contributed by atoms with Crippen molar-refractivity contribution in [2.75, 3.05) is 6.61 Å². The highest BCUT2D eigenvalue weighted by Crippen LogP contribution is 2.41. The molecule has 6 atom stereocenters. The van der Waals surface area contributed by atoms with Crippen LogP contribution in [-0.2, 0) is 42.8 Å². The summed E-state index contributed by atoms with van der Waals surface area (Å²) in [5.74, 6) is -1.69. The summed E-state index contributed by atoms with van der Waals surface area (Å²) in [6.45, 7) is 3.45. The summed E-state index contributed by atoms with van der Waals surface area (Å²) < 4.78 is 33.2. The fourth-order valence-corrected chi connectivity index (χ4v) is 3.20. The molecule has 1 aromatic carbocycles. The number of esters is 3. The Kier molecular flexibility index (Phi) is 6.28. The average molecular weight is 394 g/mol. The van der Waals surface area contributed by atoms with Crippen molar-refractivity contribution in [3.63, 3.8) is 0 Å². The molecule has 2 aliphatic rings. The number of ether oxygens (including phenoxy) is 6. The molecule has 0 amide bonds. The topological polar surface area (TPSA) is 107 Å². The number of carbonyl (C=O) groups is 3. The van der Waals surface area contributed by atoms with Crippen LogP contribution in [0.2, 0.25) is 0 Å². The van der Waals surface area contributed by atoms with Gasteiger partial charge >= 0.3 is 17.9 Å². The molecule has 2 heterocycles. The van der Waals surface area contributed by atoms with Crippen molar-refractivity contribution in [2.45, 2.75) is 57.8 Å². The van der Waals surface area contributed by atoms with E-state index in [2.05, 4.69) is 0 Å². The molecule has 0 aromatic heterocycles. The molecule has 0 unspecified atom stereocenters. The van der Waals surface area contributed by atoms with E-state index < -0.39 is 54.9 Å². The summed E-state index contributed by atoms with van der Waals surface area (Å²) in [6.07, 6.45) is -5.06. The number of fused-ring (bicyclic) bond motifs is 1. The Morgan fingerprint density at radius 2 is 1.68 bits per heavy atom. The first-order chi connectivity index (χ1) is 13.3. The van der Waals surface area contributed by atoms with E-state index in [4.69, 9.17) is 28.4 Å². The first-order valence-electron chi connectivity index (χ1n) is 8.84. The van der Waals surface area contributed by atoms with Gasteiger partial charge in [0, 0.05) is 26.3 Å². The Morgan fingerprint density at radius 1 is 0.964 bits per heavy atom. The van der Waals surface area contributed by atoms with E-state index in [-0.39, 0.29) is 6.61 Å². The van der Waals surface area contributed by atoms with E-state index in [1.165, 1.54) is 20.8 Å². The van der Waals surface area contributed by atoms with E-state index >= 15 is 0 Å². The van der Waals surface area contributed by atoms with Crippen molar-refractivity contribution in [3.05, 3.63) is 35.9 Å². The zero-order valence-electron chi connectivity index (χ0n) is 15.7. The lowest BCUT2D eigenvalue weighted by atomic mass is 10.1. The second-order valence-electron chi connectivity index (χ2n) is 6.47. The van der Waals surface area contributed by atoms with Crippen LogP contribution in [0.25, 0.3) is 0 Å². The molecule has 9 nitrogen and oxygen atoms in total. The maximum absolute atomic E-state index is 11.6. The third kappa shape index (κ3) is 4.67. The van der Waals surface area contributed by atoms with Gasteiger partial charge in [0.2, 0.25) is 0 Å². The standard InChI is InChI=1S/C19H22O9/c1-10(20)23-9-14(24-11(2)21)15-16(25-12(3)22)17-19(26-15)28-18(27-17)13-7-5-4-6-8-13/h4-8,14-19H,9H2,1-3H3/t14-,15-,16+,17-,18+,19-/m1/s1. The minimum absolute atomic E-state index is 0.251. The lowest BCUT2D eigenvalue weighted by molar-refractivity contribution is -0.208. The highest BCUT2D eigenvalue weighted by atomic mass is 16.8. The van der Waals surface area contributed by atoms with Gasteiger partial charge in [0.1, 0.15) is 12.7 Å². The molecule has 9 heteroatoms. The van der Waals surface area contributed by atoms with Crippen molar-refractivity contribution >= 4 is 17.9 Å². The van der Waals surface area contributed by atoms with E-state index in [1.54, 1.807) is 0 Å². The first-order valence-corrected chi connectivity index (χ1v) is 8.84. The first kappa shape index (κ1) is 20.2. The lowest BCUT2D eigenvalue weighted by Gasteiger charge is -2.28. The number of benzene rings is 1. The molecule has 152 valence electrons. The predicted molar refractivity (Wildman–Crippen MR) is 91.5 cm³/mol. The maximum atomic E-state index is 11.6. The maximum Gasteiger partial charge on any atom is 0.303 e. The quantitative estimate of drug-likeness (QED) is 0.520. The number of hydrogen-bond acceptors (Lipinski definition) is 9. The molecule has 3 rings (SSSR count). The molecular weight excluding hydrogens is 372 g/mol.